The largest absolute Gasteiger partial charge is 0.381 e. The van der Waals surface area contributed by atoms with Crippen molar-refractivity contribution in [3.63, 3.8) is 0 Å². The van der Waals surface area contributed by atoms with E-state index >= 15 is 0 Å². The number of rotatable bonds is 6. The molecule has 2 aliphatic rings. The summed E-state index contributed by atoms with van der Waals surface area (Å²) < 4.78 is 12.9. The van der Waals surface area contributed by atoms with E-state index < -0.39 is 6.67 Å². The number of aryl methyl sites for hydroxylation is 1. The minimum atomic E-state index is -0.463. The van der Waals surface area contributed by atoms with E-state index in [0.717, 1.165) is 78.8 Å². The van der Waals surface area contributed by atoms with Crippen LogP contribution in [0.3, 0.4) is 0 Å². The number of hydrogen-bond donors (Lipinski definition) is 2. The number of anilines is 1. The molecule has 2 saturated heterocycles. The molecule has 0 radical (unpaired) electrons. The lowest BCUT2D eigenvalue weighted by Gasteiger charge is -2.26. The quantitative estimate of drug-likeness (QED) is 0.639. The van der Waals surface area contributed by atoms with Crippen LogP contribution < -0.4 is 15.5 Å². The number of hydrogen-bond acceptors (Lipinski definition) is 6. The van der Waals surface area contributed by atoms with Crippen LogP contribution in [-0.4, -0.2) is 48.0 Å². The summed E-state index contributed by atoms with van der Waals surface area (Å²) in [5, 5.41) is 6.88. The molecule has 6 nitrogen and oxygen atoms in total. The number of aliphatic imine (C=N–C) groups is 1. The van der Waals surface area contributed by atoms with Gasteiger partial charge in [0, 0.05) is 24.0 Å². The van der Waals surface area contributed by atoms with Crippen LogP contribution >= 0.6 is 0 Å². The third-order valence-electron chi connectivity index (χ3n) is 5.50. The minimum absolute atomic E-state index is 0.420. The molecule has 2 fully saturated rings. The Balaban J connectivity index is 0.00000166. The topological polar surface area (TPSA) is 65.4 Å². The van der Waals surface area contributed by atoms with E-state index in [0.29, 0.717) is 6.04 Å². The number of nitrogens with zero attached hydrogens (tertiary/aromatic N) is 4. The fourth-order valence-corrected chi connectivity index (χ4v) is 3.85. The number of aromatic nitrogens is 2. The molecular weight excluding hydrogens is 391 g/mol. The first-order chi connectivity index (χ1) is 15.0. The van der Waals surface area contributed by atoms with E-state index in [2.05, 4.69) is 32.1 Å². The summed E-state index contributed by atoms with van der Waals surface area (Å²) in [6.45, 7) is 16.4. The summed E-state index contributed by atoms with van der Waals surface area (Å²) in [6.07, 6.45) is 8.15. The van der Waals surface area contributed by atoms with E-state index in [9.17, 15) is 4.39 Å². The van der Waals surface area contributed by atoms with Crippen LogP contribution in [0.5, 0.6) is 0 Å². The molecule has 3 heterocycles. The van der Waals surface area contributed by atoms with Crippen molar-refractivity contribution in [3.8, 4) is 0 Å². The Kier molecular flexibility index (Phi) is 9.85. The Morgan fingerprint density at radius 2 is 2.06 bits per heavy atom. The normalized spacial score (nSPS) is 20.1. The molecule has 31 heavy (non-hydrogen) atoms. The minimum Gasteiger partial charge on any atom is -0.381 e. The van der Waals surface area contributed by atoms with Gasteiger partial charge in [0.1, 0.15) is 18.7 Å². The maximum Gasteiger partial charge on any atom is 0.162 e. The van der Waals surface area contributed by atoms with Gasteiger partial charge in [0.25, 0.3) is 0 Å². The molecule has 7 heteroatoms. The smallest absolute Gasteiger partial charge is 0.162 e. The predicted octanol–water partition coefficient (Wildman–Crippen LogP) is 4.77. The molecule has 0 aliphatic carbocycles. The molecule has 0 spiro atoms. The van der Waals surface area contributed by atoms with Crippen LogP contribution in [-0.2, 0) is 0 Å². The van der Waals surface area contributed by atoms with Gasteiger partial charge in [-0.3, -0.25) is 0 Å². The van der Waals surface area contributed by atoms with Gasteiger partial charge in [-0.2, -0.15) is 0 Å². The number of piperidine rings is 1. The third-order valence-corrected chi connectivity index (χ3v) is 5.50. The maximum absolute atomic E-state index is 12.9. The molecule has 0 bridgehead atoms. The first-order valence-corrected chi connectivity index (χ1v) is 11.3. The van der Waals surface area contributed by atoms with E-state index in [4.69, 9.17) is 4.99 Å². The molecule has 0 aromatic carbocycles. The van der Waals surface area contributed by atoms with Gasteiger partial charge < -0.3 is 15.5 Å². The van der Waals surface area contributed by atoms with Gasteiger partial charge in [0.2, 0.25) is 0 Å². The fraction of sp³-hybridized carbons (Fsp3) is 0.542. The number of halogens is 1. The zero-order valence-electron chi connectivity index (χ0n) is 19.6. The number of alkyl halides is 1. The molecule has 1 aromatic heterocycles. The standard InChI is InChI=1S/C22H31FN6.C2H6/c1-5-20-18(6-10-23)9-13-29(20)22-21(17(4)25-14-26-22)28-16(3)15(2)27-19-7-11-24-12-8-19;1-2/h5-6,14,19,24,27H,2,7-13H2,1,3-4H3;1-2H3/b18-6-,20-5+,28-16?;. The van der Waals surface area contributed by atoms with Gasteiger partial charge in [-0.25, -0.2) is 19.4 Å². The average Bonchev–Trinajstić information content (AvgIpc) is 3.19. The number of allylic oxidation sites excluding steroid dienone is 4. The van der Waals surface area contributed by atoms with E-state index in [1.165, 1.54) is 0 Å². The second-order valence-corrected chi connectivity index (χ2v) is 7.43. The molecule has 0 saturated carbocycles. The van der Waals surface area contributed by atoms with Crippen molar-refractivity contribution < 1.29 is 4.39 Å². The van der Waals surface area contributed by atoms with Crippen molar-refractivity contribution in [3.05, 3.63) is 47.7 Å². The number of nitrogens with one attached hydrogen (secondary N) is 2. The first-order valence-electron chi connectivity index (χ1n) is 11.3. The average molecular weight is 429 g/mol. The van der Waals surface area contributed by atoms with Gasteiger partial charge in [-0.1, -0.05) is 26.5 Å². The lowest BCUT2D eigenvalue weighted by Crippen LogP contribution is -2.40. The van der Waals surface area contributed by atoms with Crippen LogP contribution in [0.1, 0.15) is 52.7 Å². The summed E-state index contributed by atoms with van der Waals surface area (Å²) >= 11 is 0. The Labute approximate surface area is 186 Å². The zero-order chi connectivity index (χ0) is 22.8. The van der Waals surface area contributed by atoms with Crippen LogP contribution in [0, 0.1) is 6.92 Å². The fourth-order valence-electron chi connectivity index (χ4n) is 3.85. The summed E-state index contributed by atoms with van der Waals surface area (Å²) in [5.74, 6) is 0.752. The van der Waals surface area contributed by atoms with E-state index in [-0.39, 0.29) is 0 Å². The monoisotopic (exact) mass is 428 g/mol. The Hall–Kier alpha value is -2.54. The van der Waals surface area contributed by atoms with Crippen molar-refractivity contribution >= 4 is 17.2 Å². The van der Waals surface area contributed by atoms with Crippen molar-refractivity contribution in [2.45, 2.75) is 59.9 Å². The van der Waals surface area contributed by atoms with Crippen molar-refractivity contribution in [2.24, 2.45) is 4.99 Å². The molecule has 0 atom stereocenters. The molecular formula is C24H37FN6. The summed E-state index contributed by atoms with van der Waals surface area (Å²) in [7, 11) is 0. The molecule has 0 unspecified atom stereocenters. The highest BCUT2D eigenvalue weighted by molar-refractivity contribution is 5.99. The summed E-state index contributed by atoms with van der Waals surface area (Å²) in [6, 6.07) is 0.420. The van der Waals surface area contributed by atoms with Crippen LogP contribution in [0.4, 0.5) is 15.9 Å². The zero-order valence-corrected chi connectivity index (χ0v) is 19.6. The summed E-state index contributed by atoms with van der Waals surface area (Å²) in [4.78, 5) is 15.8. The Morgan fingerprint density at radius 3 is 2.71 bits per heavy atom. The van der Waals surface area contributed by atoms with Gasteiger partial charge >= 0.3 is 0 Å². The van der Waals surface area contributed by atoms with Crippen LogP contribution in [0.15, 0.2) is 47.0 Å². The van der Waals surface area contributed by atoms with Gasteiger partial charge in [0.15, 0.2) is 5.82 Å². The Morgan fingerprint density at radius 1 is 1.35 bits per heavy atom. The third kappa shape index (κ3) is 6.23. The lowest BCUT2D eigenvalue weighted by atomic mass is 10.1. The highest BCUT2D eigenvalue weighted by atomic mass is 19.1. The summed E-state index contributed by atoms with van der Waals surface area (Å²) in [5.41, 5.74) is 5.19. The second kappa shape index (κ2) is 12.3. The van der Waals surface area contributed by atoms with Gasteiger partial charge in [-0.05, 0) is 64.8 Å². The maximum atomic E-state index is 12.9. The second-order valence-electron chi connectivity index (χ2n) is 7.43. The highest BCUT2D eigenvalue weighted by Gasteiger charge is 2.26. The molecule has 2 aliphatic heterocycles. The Bertz CT molecular complexity index is 836. The molecule has 0 amide bonds. The SMILES string of the molecule is C=C(NC1CCNCC1)C(C)=Nc1c(C)ncnc1N1CCC(=C/CF)/C1=C\C.CC. The van der Waals surface area contributed by atoms with Crippen molar-refractivity contribution in [1.82, 2.24) is 20.6 Å². The van der Waals surface area contributed by atoms with Crippen molar-refractivity contribution in [1.29, 1.82) is 0 Å². The lowest BCUT2D eigenvalue weighted by molar-refractivity contribution is 0.416. The van der Waals surface area contributed by atoms with E-state index in [1.54, 1.807) is 12.4 Å². The highest BCUT2D eigenvalue weighted by Crippen LogP contribution is 2.37. The molecule has 3 rings (SSSR count). The first kappa shape index (κ1) is 24.7. The van der Waals surface area contributed by atoms with Gasteiger partial charge in [-0.15, -0.1) is 0 Å². The van der Waals surface area contributed by atoms with Gasteiger partial charge in [0.05, 0.1) is 11.4 Å². The predicted molar refractivity (Wildman–Crippen MR) is 129 cm³/mol. The van der Waals surface area contributed by atoms with E-state index in [1.807, 2.05) is 40.7 Å². The molecule has 170 valence electrons. The van der Waals surface area contributed by atoms with Crippen molar-refractivity contribution in [2.75, 3.05) is 31.2 Å². The molecule has 1 aromatic rings. The molecule has 2 N–H and O–H groups in total. The van der Waals surface area contributed by atoms with Crippen LogP contribution in [0.2, 0.25) is 0 Å². The van der Waals surface area contributed by atoms with Crippen LogP contribution in [0.25, 0.3) is 0 Å².